The standard InChI is InChI=1S/C42H36Cl2N4O10S/c1-25-34(35-21-32(57-3)15-18-38(35)47(25)42(51)28-9-11-29(43)12-10-28)23-40(49)45-37(41(50)46-59(54,55)33-16-17-36(44)39(22-33)48(52)53)20-26-7-13-30(14-8-26)58-24-27-5-4-6-31(19-27)56-2/h4-19,21-22,37H,20,23-24H2,1-3H3,(H,45,49)(H,46,50)/t37-/m0/s1. The van der Waals surface area contributed by atoms with Gasteiger partial charge in [-0.3, -0.25) is 29.1 Å². The second-order valence-corrected chi connectivity index (χ2v) is 15.7. The van der Waals surface area contributed by atoms with E-state index in [4.69, 9.17) is 37.4 Å². The number of nitro benzene ring substituents is 1. The smallest absolute Gasteiger partial charge is 0.289 e. The average molecular weight is 860 g/mol. The summed E-state index contributed by atoms with van der Waals surface area (Å²) in [5.41, 5.74) is 2.47. The molecule has 0 bridgehead atoms. The van der Waals surface area contributed by atoms with Crippen LogP contribution in [0.2, 0.25) is 10.0 Å². The third-order valence-electron chi connectivity index (χ3n) is 9.39. The zero-order valence-electron chi connectivity index (χ0n) is 31.7. The SMILES string of the molecule is COc1cccc(COc2ccc(C[C@H](NC(=O)Cc3c(C)n(C(=O)c4ccc(Cl)cc4)c4ccc(OC)cc34)C(=O)NS(=O)(=O)c3ccc(Cl)c([N+](=O)[O-])c3)cc2)c1. The molecule has 0 fully saturated rings. The normalized spacial score (nSPS) is 11.7. The van der Waals surface area contributed by atoms with E-state index in [-0.39, 0.29) is 30.4 Å². The van der Waals surface area contributed by atoms with E-state index in [9.17, 15) is 32.9 Å². The number of nitrogens with zero attached hydrogens (tertiary/aromatic N) is 2. The molecular weight excluding hydrogens is 823 g/mol. The van der Waals surface area contributed by atoms with Crippen molar-refractivity contribution in [3.63, 3.8) is 0 Å². The van der Waals surface area contributed by atoms with Gasteiger partial charge in [0.25, 0.3) is 27.5 Å². The van der Waals surface area contributed by atoms with Crippen molar-refractivity contribution in [3.8, 4) is 17.2 Å². The molecule has 1 atom stereocenters. The van der Waals surface area contributed by atoms with E-state index in [1.807, 2.05) is 29.0 Å². The molecule has 0 aliphatic heterocycles. The number of aromatic nitrogens is 1. The van der Waals surface area contributed by atoms with Gasteiger partial charge in [0.2, 0.25) is 5.91 Å². The van der Waals surface area contributed by atoms with Crippen molar-refractivity contribution < 1.29 is 41.9 Å². The van der Waals surface area contributed by atoms with Gasteiger partial charge in [0, 0.05) is 34.2 Å². The van der Waals surface area contributed by atoms with Crippen LogP contribution in [0.15, 0.2) is 114 Å². The van der Waals surface area contributed by atoms with Gasteiger partial charge in [-0.25, -0.2) is 13.1 Å². The lowest BCUT2D eigenvalue weighted by Crippen LogP contribution is -2.50. The van der Waals surface area contributed by atoms with Crippen LogP contribution in [0.1, 0.15) is 32.7 Å². The monoisotopic (exact) mass is 858 g/mol. The molecule has 6 rings (SSSR count). The number of amides is 2. The molecule has 2 N–H and O–H groups in total. The number of halogens is 2. The predicted octanol–water partition coefficient (Wildman–Crippen LogP) is 7.22. The first-order valence-electron chi connectivity index (χ1n) is 17.8. The Morgan fingerprint density at radius 1 is 0.831 bits per heavy atom. The van der Waals surface area contributed by atoms with E-state index in [0.717, 1.165) is 23.8 Å². The van der Waals surface area contributed by atoms with E-state index in [0.29, 0.717) is 55.6 Å². The molecule has 0 radical (unpaired) electrons. The Morgan fingerprint density at radius 3 is 2.19 bits per heavy atom. The van der Waals surface area contributed by atoms with Gasteiger partial charge in [0.15, 0.2) is 0 Å². The number of ether oxygens (including phenoxy) is 3. The summed E-state index contributed by atoms with van der Waals surface area (Å²) in [6.07, 6.45) is -0.499. The van der Waals surface area contributed by atoms with Gasteiger partial charge in [0.05, 0.1) is 36.0 Å². The van der Waals surface area contributed by atoms with Crippen LogP contribution < -0.4 is 24.2 Å². The maximum Gasteiger partial charge on any atom is 0.289 e. The number of nitro groups is 1. The summed E-state index contributed by atoms with van der Waals surface area (Å²) in [6.45, 7) is 1.92. The Bertz CT molecular complexity index is 2690. The number of hydrogen-bond donors (Lipinski definition) is 2. The number of hydrogen-bond acceptors (Lipinski definition) is 10. The topological polar surface area (TPSA) is 185 Å². The van der Waals surface area contributed by atoms with E-state index in [1.165, 1.54) is 11.7 Å². The molecule has 0 saturated heterocycles. The van der Waals surface area contributed by atoms with Gasteiger partial charge in [0.1, 0.15) is 34.9 Å². The molecule has 304 valence electrons. The number of rotatable bonds is 15. The Hall–Kier alpha value is -6.42. The van der Waals surface area contributed by atoms with Crippen LogP contribution in [0.4, 0.5) is 5.69 Å². The number of benzene rings is 5. The predicted molar refractivity (Wildman–Crippen MR) is 221 cm³/mol. The van der Waals surface area contributed by atoms with Crippen LogP contribution >= 0.6 is 23.2 Å². The molecule has 0 saturated carbocycles. The van der Waals surface area contributed by atoms with Crippen molar-refractivity contribution >= 4 is 67.5 Å². The van der Waals surface area contributed by atoms with Crippen molar-refractivity contribution in [2.24, 2.45) is 0 Å². The van der Waals surface area contributed by atoms with Crippen molar-refractivity contribution in [1.29, 1.82) is 0 Å². The first kappa shape index (κ1) is 42.2. The number of sulfonamides is 1. The molecular formula is C42H36Cl2N4O10S. The summed E-state index contributed by atoms with van der Waals surface area (Å²) in [7, 11) is -1.65. The average Bonchev–Trinajstić information content (AvgIpc) is 3.49. The molecule has 17 heteroatoms. The maximum absolute atomic E-state index is 14.0. The van der Waals surface area contributed by atoms with Crippen LogP contribution in [-0.4, -0.2) is 55.9 Å². The molecule has 0 unspecified atom stereocenters. The Balaban J connectivity index is 1.28. The highest BCUT2D eigenvalue weighted by Crippen LogP contribution is 2.31. The number of fused-ring (bicyclic) bond motifs is 1. The van der Waals surface area contributed by atoms with Crippen molar-refractivity contribution in [3.05, 3.63) is 157 Å². The molecule has 0 spiro atoms. The molecule has 5 aromatic carbocycles. The van der Waals surface area contributed by atoms with Gasteiger partial charge in [-0.1, -0.05) is 47.5 Å². The highest BCUT2D eigenvalue weighted by molar-refractivity contribution is 7.90. The van der Waals surface area contributed by atoms with Gasteiger partial charge >= 0.3 is 0 Å². The summed E-state index contributed by atoms with van der Waals surface area (Å²) in [5, 5.41) is 14.8. The number of methoxy groups -OCH3 is 2. The third kappa shape index (κ3) is 9.83. The maximum atomic E-state index is 14.0. The molecule has 1 aromatic heterocycles. The van der Waals surface area contributed by atoms with Crippen LogP contribution in [0.5, 0.6) is 17.2 Å². The third-order valence-corrected chi connectivity index (χ3v) is 11.3. The summed E-state index contributed by atoms with van der Waals surface area (Å²) >= 11 is 11.9. The minimum Gasteiger partial charge on any atom is -0.497 e. The van der Waals surface area contributed by atoms with Gasteiger partial charge < -0.3 is 19.5 Å². The second-order valence-electron chi connectivity index (χ2n) is 13.2. The van der Waals surface area contributed by atoms with Crippen LogP contribution in [0.3, 0.4) is 0 Å². The number of carbonyl (C=O) groups is 3. The molecule has 14 nitrogen and oxygen atoms in total. The Morgan fingerprint density at radius 2 is 1.51 bits per heavy atom. The number of carbonyl (C=O) groups excluding carboxylic acids is 3. The van der Waals surface area contributed by atoms with Crippen LogP contribution in [0, 0.1) is 17.0 Å². The molecule has 2 amide bonds. The largest absolute Gasteiger partial charge is 0.497 e. The Kier molecular flexibility index (Phi) is 12.9. The van der Waals surface area contributed by atoms with Gasteiger partial charge in [-0.2, -0.15) is 0 Å². The fraction of sp³-hybridized carbons (Fsp3) is 0.167. The molecule has 59 heavy (non-hydrogen) atoms. The van der Waals surface area contributed by atoms with E-state index >= 15 is 0 Å². The highest BCUT2D eigenvalue weighted by atomic mass is 35.5. The second kappa shape index (κ2) is 18.0. The molecule has 0 aliphatic carbocycles. The first-order valence-corrected chi connectivity index (χ1v) is 20.0. The summed E-state index contributed by atoms with van der Waals surface area (Å²) in [5.74, 6) is -0.516. The fourth-order valence-corrected chi connectivity index (χ4v) is 7.71. The minimum absolute atomic E-state index is 0.173. The zero-order chi connectivity index (χ0) is 42.4. The Labute approximate surface area is 348 Å². The molecule has 1 heterocycles. The van der Waals surface area contributed by atoms with Crippen LogP contribution in [-0.2, 0) is 39.1 Å². The lowest BCUT2D eigenvalue weighted by Gasteiger charge is -2.19. The summed E-state index contributed by atoms with van der Waals surface area (Å²) < 4.78 is 46.8. The molecule has 6 aromatic rings. The molecule has 0 aliphatic rings. The van der Waals surface area contributed by atoms with E-state index in [2.05, 4.69) is 5.32 Å². The van der Waals surface area contributed by atoms with Crippen molar-refractivity contribution in [1.82, 2.24) is 14.6 Å². The fourth-order valence-electron chi connectivity index (χ4n) is 6.36. The van der Waals surface area contributed by atoms with Crippen molar-refractivity contribution in [2.75, 3.05) is 14.2 Å². The highest BCUT2D eigenvalue weighted by Gasteiger charge is 2.29. The lowest BCUT2D eigenvalue weighted by atomic mass is 10.0. The van der Waals surface area contributed by atoms with Crippen molar-refractivity contribution in [2.45, 2.75) is 37.3 Å². The quantitative estimate of drug-likeness (QED) is 0.0789. The van der Waals surface area contributed by atoms with Gasteiger partial charge in [-0.15, -0.1) is 0 Å². The summed E-state index contributed by atoms with van der Waals surface area (Å²) in [6, 6.07) is 26.8. The minimum atomic E-state index is -4.69. The lowest BCUT2D eigenvalue weighted by molar-refractivity contribution is -0.384. The zero-order valence-corrected chi connectivity index (χ0v) is 34.1. The summed E-state index contributed by atoms with van der Waals surface area (Å²) in [4.78, 5) is 51.7. The van der Waals surface area contributed by atoms with E-state index < -0.39 is 43.4 Å². The first-order chi connectivity index (χ1) is 28.2. The van der Waals surface area contributed by atoms with Crippen LogP contribution in [0.25, 0.3) is 10.9 Å². The van der Waals surface area contributed by atoms with Gasteiger partial charge in [-0.05, 0) is 102 Å². The number of nitrogens with one attached hydrogen (secondary N) is 2. The van der Waals surface area contributed by atoms with E-state index in [1.54, 1.807) is 80.8 Å².